The number of carbonyl (C=O) groups is 1. The van der Waals surface area contributed by atoms with Crippen LogP contribution >= 0.6 is 0 Å². The van der Waals surface area contributed by atoms with Crippen LogP contribution in [0.25, 0.3) is 6.08 Å². The van der Waals surface area contributed by atoms with E-state index in [1.807, 2.05) is 12.1 Å². The second kappa shape index (κ2) is 4.88. The van der Waals surface area contributed by atoms with Gasteiger partial charge < -0.3 is 4.98 Å². The maximum absolute atomic E-state index is 11.4. The lowest BCUT2D eigenvalue weighted by Gasteiger charge is -1.95. The second-order valence-corrected chi connectivity index (χ2v) is 3.05. The minimum Gasteiger partial charge on any atom is -0.331 e. The summed E-state index contributed by atoms with van der Waals surface area (Å²) < 4.78 is 0. The maximum Gasteiger partial charge on any atom is 0.250 e. The predicted molar refractivity (Wildman–Crippen MR) is 60.5 cm³/mol. The molecule has 0 aliphatic rings. The molecule has 5 nitrogen and oxygen atoms in total. The Kier molecular flexibility index (Phi) is 3.08. The van der Waals surface area contributed by atoms with Crippen molar-refractivity contribution in [2.24, 2.45) is 0 Å². The third kappa shape index (κ3) is 2.78. The summed E-state index contributed by atoms with van der Waals surface area (Å²) in [6.07, 6.45) is 9.68. The Morgan fingerprint density at radius 2 is 2.38 bits per heavy atom. The van der Waals surface area contributed by atoms with E-state index in [2.05, 4.69) is 20.3 Å². The number of amides is 1. The molecule has 2 aromatic rings. The number of aromatic nitrogens is 3. The van der Waals surface area contributed by atoms with Crippen molar-refractivity contribution in [3.8, 4) is 0 Å². The zero-order chi connectivity index (χ0) is 11.2. The summed E-state index contributed by atoms with van der Waals surface area (Å²) in [5.41, 5.74) is 0.872. The number of aromatic amines is 1. The number of hydrogen-bond donors (Lipinski definition) is 2. The first kappa shape index (κ1) is 10.1. The normalized spacial score (nSPS) is 10.5. The lowest BCUT2D eigenvalue weighted by molar-refractivity contribution is -0.111. The fourth-order valence-electron chi connectivity index (χ4n) is 1.14. The second-order valence-electron chi connectivity index (χ2n) is 3.05. The number of pyridine rings is 1. The van der Waals surface area contributed by atoms with E-state index < -0.39 is 0 Å². The Morgan fingerprint density at radius 3 is 3.06 bits per heavy atom. The van der Waals surface area contributed by atoms with Gasteiger partial charge in [0, 0.05) is 30.9 Å². The highest BCUT2D eigenvalue weighted by Crippen LogP contribution is 2.00. The van der Waals surface area contributed by atoms with Gasteiger partial charge in [0.05, 0.1) is 0 Å². The molecular formula is C11H10N4O. The third-order valence-electron chi connectivity index (χ3n) is 1.85. The molecular weight excluding hydrogens is 204 g/mol. The van der Waals surface area contributed by atoms with Crippen LogP contribution in [-0.4, -0.2) is 20.9 Å². The van der Waals surface area contributed by atoms with Crippen LogP contribution in [0.3, 0.4) is 0 Å². The smallest absolute Gasteiger partial charge is 0.250 e. The van der Waals surface area contributed by atoms with Crippen molar-refractivity contribution in [3.63, 3.8) is 0 Å². The highest BCUT2D eigenvalue weighted by Gasteiger charge is 1.98. The minimum absolute atomic E-state index is 0.237. The number of nitrogens with zero attached hydrogens (tertiary/aromatic N) is 2. The molecule has 0 aliphatic heterocycles. The first-order chi connectivity index (χ1) is 7.84. The first-order valence-corrected chi connectivity index (χ1v) is 4.73. The Bertz CT molecular complexity index is 476. The fourth-order valence-corrected chi connectivity index (χ4v) is 1.14. The Balaban J connectivity index is 1.95. The molecule has 0 spiro atoms. The van der Waals surface area contributed by atoms with Crippen LogP contribution < -0.4 is 5.32 Å². The van der Waals surface area contributed by atoms with Crippen LogP contribution in [0.1, 0.15) is 5.56 Å². The third-order valence-corrected chi connectivity index (χ3v) is 1.85. The highest BCUT2D eigenvalue weighted by atomic mass is 16.1. The zero-order valence-electron chi connectivity index (χ0n) is 8.42. The molecule has 0 unspecified atom stereocenters. The lowest BCUT2D eigenvalue weighted by atomic mass is 10.2. The molecule has 0 saturated heterocycles. The average Bonchev–Trinajstić information content (AvgIpc) is 2.81. The molecule has 0 saturated carbocycles. The van der Waals surface area contributed by atoms with Crippen molar-refractivity contribution >= 4 is 17.9 Å². The molecule has 0 aliphatic carbocycles. The topological polar surface area (TPSA) is 70.7 Å². The molecule has 0 atom stereocenters. The quantitative estimate of drug-likeness (QED) is 0.760. The zero-order valence-corrected chi connectivity index (χ0v) is 8.42. The fraction of sp³-hybridized carbons (Fsp3) is 0. The van der Waals surface area contributed by atoms with Crippen molar-refractivity contribution in [3.05, 3.63) is 48.6 Å². The van der Waals surface area contributed by atoms with E-state index in [1.54, 1.807) is 30.9 Å². The van der Waals surface area contributed by atoms with E-state index >= 15 is 0 Å². The van der Waals surface area contributed by atoms with Crippen molar-refractivity contribution in [1.29, 1.82) is 0 Å². The van der Waals surface area contributed by atoms with Gasteiger partial charge in [0.15, 0.2) is 0 Å². The summed E-state index contributed by atoms with van der Waals surface area (Å²) >= 11 is 0. The van der Waals surface area contributed by atoms with Gasteiger partial charge in [0.1, 0.15) is 0 Å². The number of imidazole rings is 1. The van der Waals surface area contributed by atoms with E-state index in [0.717, 1.165) is 5.56 Å². The van der Waals surface area contributed by atoms with Gasteiger partial charge in [-0.25, -0.2) is 4.98 Å². The monoisotopic (exact) mass is 214 g/mol. The first-order valence-electron chi connectivity index (χ1n) is 4.73. The lowest BCUT2D eigenvalue weighted by Crippen LogP contribution is -2.08. The summed E-state index contributed by atoms with van der Waals surface area (Å²) in [5.74, 6) is 0.194. The number of anilines is 1. The number of H-pyrrole nitrogens is 1. The SMILES string of the molecule is O=C(C=Cc1cccnc1)Nc1ncc[nH]1. The van der Waals surface area contributed by atoms with Crippen molar-refractivity contribution < 1.29 is 4.79 Å². The molecule has 0 fully saturated rings. The van der Waals surface area contributed by atoms with Crippen molar-refractivity contribution in [2.75, 3.05) is 5.32 Å². The van der Waals surface area contributed by atoms with Crippen LogP contribution in [0.5, 0.6) is 0 Å². The molecule has 2 aromatic heterocycles. The summed E-state index contributed by atoms with van der Waals surface area (Å²) in [6, 6.07) is 3.67. The Hall–Kier alpha value is -2.43. The van der Waals surface area contributed by atoms with E-state index in [-0.39, 0.29) is 5.91 Å². The number of nitrogens with one attached hydrogen (secondary N) is 2. The minimum atomic E-state index is -0.237. The molecule has 2 N–H and O–H groups in total. The van der Waals surface area contributed by atoms with Gasteiger partial charge in [0.2, 0.25) is 5.95 Å². The standard InChI is InChI=1S/C11H10N4O/c16-10(15-11-13-6-7-14-11)4-3-9-2-1-5-12-8-9/h1-8H,(H2,13,14,15,16). The van der Waals surface area contributed by atoms with E-state index in [9.17, 15) is 4.79 Å². The molecule has 0 bridgehead atoms. The average molecular weight is 214 g/mol. The van der Waals surface area contributed by atoms with Gasteiger partial charge in [-0.05, 0) is 17.7 Å². The van der Waals surface area contributed by atoms with Crippen molar-refractivity contribution in [1.82, 2.24) is 15.0 Å². The van der Waals surface area contributed by atoms with Crippen LogP contribution in [-0.2, 0) is 4.79 Å². The molecule has 0 radical (unpaired) electrons. The van der Waals surface area contributed by atoms with Gasteiger partial charge in [-0.3, -0.25) is 15.1 Å². The van der Waals surface area contributed by atoms with Gasteiger partial charge in [-0.1, -0.05) is 6.07 Å². The van der Waals surface area contributed by atoms with Gasteiger partial charge in [0.25, 0.3) is 5.91 Å². The number of carbonyl (C=O) groups excluding carboxylic acids is 1. The van der Waals surface area contributed by atoms with Gasteiger partial charge >= 0.3 is 0 Å². The molecule has 2 heterocycles. The summed E-state index contributed by atoms with van der Waals surface area (Å²) in [7, 11) is 0. The van der Waals surface area contributed by atoms with Crippen LogP contribution in [0.4, 0.5) is 5.95 Å². The van der Waals surface area contributed by atoms with Crippen LogP contribution in [0.2, 0.25) is 0 Å². The molecule has 2 rings (SSSR count). The summed E-state index contributed by atoms with van der Waals surface area (Å²) in [6.45, 7) is 0. The number of rotatable bonds is 3. The van der Waals surface area contributed by atoms with Crippen LogP contribution in [0, 0.1) is 0 Å². The van der Waals surface area contributed by atoms with Gasteiger partial charge in [-0.15, -0.1) is 0 Å². The molecule has 1 amide bonds. The van der Waals surface area contributed by atoms with Crippen LogP contribution in [0.15, 0.2) is 43.0 Å². The molecule has 5 heteroatoms. The molecule has 80 valence electrons. The molecule has 16 heavy (non-hydrogen) atoms. The summed E-state index contributed by atoms with van der Waals surface area (Å²) in [4.78, 5) is 22.0. The largest absolute Gasteiger partial charge is 0.331 e. The summed E-state index contributed by atoms with van der Waals surface area (Å²) in [5, 5.41) is 2.58. The number of hydrogen-bond acceptors (Lipinski definition) is 3. The highest BCUT2D eigenvalue weighted by molar-refractivity contribution is 6.00. The van der Waals surface area contributed by atoms with E-state index in [0.29, 0.717) is 5.95 Å². The van der Waals surface area contributed by atoms with Gasteiger partial charge in [-0.2, -0.15) is 0 Å². The maximum atomic E-state index is 11.4. The predicted octanol–water partition coefficient (Wildman–Crippen LogP) is 1.46. The van der Waals surface area contributed by atoms with E-state index in [1.165, 1.54) is 6.08 Å². The van der Waals surface area contributed by atoms with Crippen molar-refractivity contribution in [2.45, 2.75) is 0 Å². The Labute approximate surface area is 92.3 Å². The van der Waals surface area contributed by atoms with E-state index in [4.69, 9.17) is 0 Å². The Morgan fingerprint density at radius 1 is 1.44 bits per heavy atom. The molecule has 0 aromatic carbocycles.